The summed E-state index contributed by atoms with van der Waals surface area (Å²) >= 11 is 1.46. The Bertz CT molecular complexity index is 399. The lowest BCUT2D eigenvalue weighted by atomic mass is 9.85. The quantitative estimate of drug-likeness (QED) is 0.878. The van der Waals surface area contributed by atoms with Gasteiger partial charge in [-0.05, 0) is 25.7 Å². The highest BCUT2D eigenvalue weighted by Gasteiger charge is 2.22. The molecule has 1 heterocycles. The molecule has 5 heteroatoms. The van der Waals surface area contributed by atoms with Crippen LogP contribution in [0, 0.1) is 12.8 Å². The molecular formula is C11H16N2O2S. The Hall–Kier alpha value is -1.10. The molecule has 0 bridgehead atoms. The van der Waals surface area contributed by atoms with Gasteiger partial charge in [0, 0.05) is 18.5 Å². The van der Waals surface area contributed by atoms with Crippen molar-refractivity contribution >= 4 is 22.4 Å². The first kappa shape index (κ1) is 11.4. The lowest BCUT2D eigenvalue weighted by Crippen LogP contribution is -2.29. The van der Waals surface area contributed by atoms with Gasteiger partial charge in [0.25, 0.3) is 0 Å². The number of carbonyl (C=O) groups is 1. The molecule has 16 heavy (non-hydrogen) atoms. The summed E-state index contributed by atoms with van der Waals surface area (Å²) < 4.78 is 0. The number of hydrogen-bond donors (Lipinski definition) is 1. The van der Waals surface area contributed by atoms with E-state index in [1.54, 1.807) is 0 Å². The maximum absolute atomic E-state index is 10.9. The minimum atomic E-state index is -0.933. The van der Waals surface area contributed by atoms with E-state index >= 15 is 0 Å². The van der Waals surface area contributed by atoms with Gasteiger partial charge in [0.05, 0.1) is 0 Å². The van der Waals surface area contributed by atoms with Crippen LogP contribution in [0.2, 0.25) is 0 Å². The third-order valence-electron chi connectivity index (χ3n) is 3.07. The van der Waals surface area contributed by atoms with Crippen molar-refractivity contribution in [1.82, 2.24) is 4.98 Å². The molecule has 2 rings (SSSR count). The highest BCUT2D eigenvalue weighted by molar-refractivity contribution is 7.15. The molecule has 0 amide bonds. The molecule has 0 spiro atoms. The van der Waals surface area contributed by atoms with E-state index in [1.807, 2.05) is 14.0 Å². The Morgan fingerprint density at radius 2 is 2.31 bits per heavy atom. The summed E-state index contributed by atoms with van der Waals surface area (Å²) in [4.78, 5) is 17.9. The molecular weight excluding hydrogens is 224 g/mol. The number of hydrogen-bond acceptors (Lipinski definition) is 4. The molecule has 4 nitrogen and oxygen atoms in total. The Kier molecular flexibility index (Phi) is 3.14. The minimum Gasteiger partial charge on any atom is -0.476 e. The maximum atomic E-state index is 10.9. The van der Waals surface area contributed by atoms with Crippen molar-refractivity contribution in [2.45, 2.75) is 26.2 Å². The monoisotopic (exact) mass is 240 g/mol. The lowest BCUT2D eigenvalue weighted by Gasteiger charge is -2.29. The third-order valence-corrected chi connectivity index (χ3v) is 4.16. The Balaban J connectivity index is 2.07. The predicted molar refractivity (Wildman–Crippen MR) is 64.4 cm³/mol. The van der Waals surface area contributed by atoms with E-state index in [2.05, 4.69) is 9.88 Å². The van der Waals surface area contributed by atoms with Gasteiger partial charge in [0.15, 0.2) is 10.8 Å². The van der Waals surface area contributed by atoms with Crippen LogP contribution in [0.25, 0.3) is 0 Å². The summed E-state index contributed by atoms with van der Waals surface area (Å²) in [5.74, 6) is -0.167. The first-order valence-electron chi connectivity index (χ1n) is 5.49. The van der Waals surface area contributed by atoms with E-state index in [1.165, 1.54) is 30.6 Å². The third kappa shape index (κ3) is 2.19. The Morgan fingerprint density at radius 1 is 1.62 bits per heavy atom. The summed E-state index contributed by atoms with van der Waals surface area (Å²) in [6.45, 7) is 2.80. The average Bonchev–Trinajstić information content (AvgIpc) is 2.53. The summed E-state index contributed by atoms with van der Waals surface area (Å²) in [5, 5.41) is 9.75. The van der Waals surface area contributed by atoms with Gasteiger partial charge in [-0.3, -0.25) is 0 Å². The van der Waals surface area contributed by atoms with Gasteiger partial charge in [0.2, 0.25) is 0 Å². The second-order valence-corrected chi connectivity index (χ2v) is 5.57. The van der Waals surface area contributed by atoms with Crippen LogP contribution in [0.4, 0.5) is 5.13 Å². The van der Waals surface area contributed by atoms with Crippen molar-refractivity contribution in [1.29, 1.82) is 0 Å². The van der Waals surface area contributed by atoms with Gasteiger partial charge in [-0.25, -0.2) is 9.78 Å². The van der Waals surface area contributed by atoms with E-state index in [-0.39, 0.29) is 5.69 Å². The van der Waals surface area contributed by atoms with Crippen molar-refractivity contribution < 1.29 is 9.90 Å². The van der Waals surface area contributed by atoms with Crippen LogP contribution in [-0.2, 0) is 0 Å². The largest absolute Gasteiger partial charge is 0.476 e. The van der Waals surface area contributed by atoms with Crippen molar-refractivity contribution in [3.63, 3.8) is 0 Å². The van der Waals surface area contributed by atoms with Crippen LogP contribution in [0.1, 0.15) is 34.6 Å². The fourth-order valence-electron chi connectivity index (χ4n) is 1.88. The maximum Gasteiger partial charge on any atom is 0.355 e. The molecule has 1 aromatic rings. The van der Waals surface area contributed by atoms with Gasteiger partial charge in [-0.15, -0.1) is 11.3 Å². The number of rotatable bonds is 4. The van der Waals surface area contributed by atoms with E-state index in [0.717, 1.165) is 22.5 Å². The molecule has 0 aliphatic heterocycles. The molecule has 0 aromatic carbocycles. The lowest BCUT2D eigenvalue weighted by molar-refractivity contribution is 0.0690. The molecule has 1 aliphatic rings. The van der Waals surface area contributed by atoms with Crippen LogP contribution in [0.15, 0.2) is 0 Å². The van der Waals surface area contributed by atoms with Crippen molar-refractivity contribution in [2.75, 3.05) is 18.5 Å². The van der Waals surface area contributed by atoms with Crippen LogP contribution >= 0.6 is 11.3 Å². The van der Waals surface area contributed by atoms with Crippen LogP contribution in [0.3, 0.4) is 0 Å². The molecule has 1 fully saturated rings. The highest BCUT2D eigenvalue weighted by atomic mass is 32.1. The standard InChI is InChI=1S/C11H16N2O2S/c1-7-9(10(14)15)12-11(16-7)13(2)6-8-4-3-5-8/h8H,3-6H2,1-2H3,(H,14,15). The zero-order chi connectivity index (χ0) is 11.7. The normalized spacial score (nSPS) is 15.9. The van der Waals surface area contributed by atoms with Gasteiger partial charge < -0.3 is 10.0 Å². The number of aromatic nitrogens is 1. The van der Waals surface area contributed by atoms with Gasteiger partial charge >= 0.3 is 5.97 Å². The van der Waals surface area contributed by atoms with Crippen LogP contribution < -0.4 is 4.90 Å². The number of carboxylic acid groups (broad SMARTS) is 1. The summed E-state index contributed by atoms with van der Waals surface area (Å²) in [6, 6.07) is 0. The van der Waals surface area contributed by atoms with Crippen molar-refractivity contribution in [3.8, 4) is 0 Å². The van der Waals surface area contributed by atoms with Crippen LogP contribution in [-0.4, -0.2) is 29.7 Å². The predicted octanol–water partition coefficient (Wildman–Crippen LogP) is 2.39. The Labute approximate surface area is 98.9 Å². The van der Waals surface area contributed by atoms with Gasteiger partial charge in [-0.2, -0.15) is 0 Å². The molecule has 88 valence electrons. The van der Waals surface area contributed by atoms with E-state index in [9.17, 15) is 4.79 Å². The van der Waals surface area contributed by atoms with E-state index in [0.29, 0.717) is 0 Å². The molecule has 0 radical (unpaired) electrons. The number of carboxylic acids is 1. The number of nitrogens with zero attached hydrogens (tertiary/aromatic N) is 2. The van der Waals surface area contributed by atoms with Crippen molar-refractivity contribution in [3.05, 3.63) is 10.6 Å². The second kappa shape index (κ2) is 4.41. The van der Waals surface area contributed by atoms with Crippen LogP contribution in [0.5, 0.6) is 0 Å². The van der Waals surface area contributed by atoms with E-state index < -0.39 is 5.97 Å². The van der Waals surface area contributed by atoms with E-state index in [4.69, 9.17) is 5.11 Å². The SMILES string of the molecule is Cc1sc(N(C)CC2CCC2)nc1C(=O)O. The first-order valence-corrected chi connectivity index (χ1v) is 6.31. The summed E-state index contributed by atoms with van der Waals surface area (Å²) in [5.41, 5.74) is 0.195. The topological polar surface area (TPSA) is 53.4 Å². The number of aromatic carboxylic acids is 1. The summed E-state index contributed by atoms with van der Waals surface area (Å²) in [6.07, 6.45) is 3.91. The minimum absolute atomic E-state index is 0.195. The number of aryl methyl sites for hydroxylation is 1. The van der Waals surface area contributed by atoms with Gasteiger partial charge in [0.1, 0.15) is 0 Å². The smallest absolute Gasteiger partial charge is 0.355 e. The van der Waals surface area contributed by atoms with Gasteiger partial charge in [-0.1, -0.05) is 6.42 Å². The number of thiazole rings is 1. The van der Waals surface area contributed by atoms with Crippen molar-refractivity contribution in [2.24, 2.45) is 5.92 Å². The molecule has 1 N–H and O–H groups in total. The Morgan fingerprint density at radius 3 is 2.75 bits per heavy atom. The second-order valence-electron chi connectivity index (χ2n) is 4.38. The fourth-order valence-corrected chi connectivity index (χ4v) is 2.76. The molecule has 1 aromatic heterocycles. The fraction of sp³-hybridized carbons (Fsp3) is 0.636. The number of anilines is 1. The molecule has 1 aliphatic carbocycles. The highest BCUT2D eigenvalue weighted by Crippen LogP contribution is 2.30. The molecule has 0 saturated heterocycles. The molecule has 0 unspecified atom stereocenters. The first-order chi connectivity index (χ1) is 7.58. The zero-order valence-corrected chi connectivity index (χ0v) is 10.4. The summed E-state index contributed by atoms with van der Waals surface area (Å²) in [7, 11) is 1.99. The molecule has 0 atom stereocenters. The molecule has 1 saturated carbocycles. The average molecular weight is 240 g/mol. The zero-order valence-electron chi connectivity index (χ0n) is 9.56.